The fourth-order valence-electron chi connectivity index (χ4n) is 4.30. The van der Waals surface area contributed by atoms with E-state index in [-0.39, 0.29) is 10.6 Å². The van der Waals surface area contributed by atoms with Gasteiger partial charge in [-0.05, 0) is 79.9 Å². The fourth-order valence-corrected chi connectivity index (χ4v) is 5.24. The maximum Gasteiger partial charge on any atom is 0.209 e. The molecule has 1 fully saturated rings. The Balaban J connectivity index is 1.67. The quantitative estimate of drug-likeness (QED) is 0.705. The van der Waals surface area contributed by atoms with E-state index in [2.05, 4.69) is 10.2 Å². The van der Waals surface area contributed by atoms with Crippen molar-refractivity contribution in [1.82, 2.24) is 10.2 Å². The Hall–Kier alpha value is -1.92. The number of benzene rings is 1. The normalized spacial score (nSPS) is 24.7. The first-order chi connectivity index (χ1) is 13.5. The zero-order valence-corrected chi connectivity index (χ0v) is 17.5. The summed E-state index contributed by atoms with van der Waals surface area (Å²) in [6.45, 7) is 6.19. The highest BCUT2D eigenvalue weighted by atomic mass is 35.5. The molecular formula is C21H23ClFN3OS. The molecule has 3 aliphatic heterocycles. The van der Waals surface area contributed by atoms with E-state index in [0.717, 1.165) is 59.8 Å². The van der Waals surface area contributed by atoms with E-state index in [1.54, 1.807) is 6.08 Å². The molecule has 3 heterocycles. The van der Waals surface area contributed by atoms with E-state index in [0.29, 0.717) is 18.0 Å². The van der Waals surface area contributed by atoms with Crippen molar-refractivity contribution in [2.75, 3.05) is 24.5 Å². The van der Waals surface area contributed by atoms with Crippen molar-refractivity contribution in [3.05, 3.63) is 62.5 Å². The Kier molecular flexibility index (Phi) is 5.19. The molecule has 1 unspecified atom stereocenters. The number of hydrogen-bond donors (Lipinski definition) is 1. The summed E-state index contributed by atoms with van der Waals surface area (Å²) in [5.41, 5.74) is 3.25. The van der Waals surface area contributed by atoms with E-state index in [1.165, 1.54) is 5.56 Å². The van der Waals surface area contributed by atoms with Crippen LogP contribution in [-0.2, 0) is 10.2 Å². The molecule has 148 valence electrons. The zero-order valence-electron chi connectivity index (χ0n) is 16.0. The Labute approximate surface area is 174 Å². The van der Waals surface area contributed by atoms with Gasteiger partial charge in [0.05, 0.1) is 5.03 Å². The van der Waals surface area contributed by atoms with Gasteiger partial charge in [0.15, 0.2) is 5.16 Å². The third-order valence-electron chi connectivity index (χ3n) is 5.78. The van der Waals surface area contributed by atoms with Crippen LogP contribution in [0.1, 0.15) is 32.3 Å². The predicted molar refractivity (Wildman–Crippen MR) is 114 cm³/mol. The minimum atomic E-state index is -0.175. The summed E-state index contributed by atoms with van der Waals surface area (Å²) in [4.78, 5) is 15.4. The summed E-state index contributed by atoms with van der Waals surface area (Å²) in [6, 6.07) is 5.96. The maximum absolute atomic E-state index is 13.8. The highest BCUT2D eigenvalue weighted by Crippen LogP contribution is 2.48. The van der Waals surface area contributed by atoms with Gasteiger partial charge < -0.3 is 15.1 Å². The van der Waals surface area contributed by atoms with Crippen LogP contribution in [0, 0.1) is 0 Å². The minimum absolute atomic E-state index is 0.134. The van der Waals surface area contributed by atoms with E-state index < -0.39 is 0 Å². The summed E-state index contributed by atoms with van der Waals surface area (Å²) in [5, 5.41) is 4.81. The van der Waals surface area contributed by atoms with Gasteiger partial charge in [-0.3, -0.25) is 4.79 Å². The third kappa shape index (κ3) is 3.33. The number of nitrogens with zero attached hydrogens (tertiary/aromatic N) is 2. The highest BCUT2D eigenvalue weighted by molar-refractivity contribution is 8.06. The Morgan fingerprint density at radius 2 is 2.21 bits per heavy atom. The standard InChI is InChI=1S/C21H23ClFN3OS/c1-3-19(24-20-14(2)4-7-18(23)28-20)26-12-21(8-9-25(11-21)13-27)16-10-15(22)5-6-17(16)26/h3,5-7,10,13,24H,4,8-9,11-12H2,1-2H3. The molecule has 1 aromatic carbocycles. The molecule has 1 aromatic rings. The number of allylic oxidation sites excluding steroid dienone is 3. The molecule has 4 rings (SSSR count). The van der Waals surface area contributed by atoms with Gasteiger partial charge >= 0.3 is 0 Å². The molecule has 1 N–H and O–H groups in total. The SMILES string of the molecule is CC=C(NC1=C(C)CC=C(F)S1)N1CC2(CCN(C=O)C2)c2cc(Cl)ccc21. The number of rotatable bonds is 4. The lowest BCUT2D eigenvalue weighted by Gasteiger charge is -2.29. The molecule has 0 radical (unpaired) electrons. The third-order valence-corrected chi connectivity index (χ3v) is 7.03. The first kappa shape index (κ1) is 19.4. The largest absolute Gasteiger partial charge is 0.344 e. The van der Waals surface area contributed by atoms with Gasteiger partial charge in [0, 0.05) is 35.8 Å². The van der Waals surface area contributed by atoms with E-state index in [4.69, 9.17) is 11.6 Å². The van der Waals surface area contributed by atoms with Crippen LogP contribution in [0.15, 0.2) is 51.9 Å². The molecule has 1 saturated heterocycles. The van der Waals surface area contributed by atoms with Crippen molar-refractivity contribution in [3.63, 3.8) is 0 Å². The molecule has 4 nitrogen and oxygen atoms in total. The molecule has 0 saturated carbocycles. The number of carbonyl (C=O) groups excluding carboxylic acids is 1. The van der Waals surface area contributed by atoms with Crippen LogP contribution < -0.4 is 10.2 Å². The fraction of sp³-hybridized carbons (Fsp3) is 0.381. The number of amides is 1. The Bertz CT molecular complexity index is 913. The second-order valence-corrected chi connectivity index (χ2v) is 9.02. The molecule has 0 aromatic heterocycles. The summed E-state index contributed by atoms with van der Waals surface area (Å²) >= 11 is 7.44. The summed E-state index contributed by atoms with van der Waals surface area (Å²) in [7, 11) is 0. The Morgan fingerprint density at radius 1 is 1.39 bits per heavy atom. The van der Waals surface area contributed by atoms with E-state index in [1.807, 2.05) is 43.0 Å². The van der Waals surface area contributed by atoms with Crippen LogP contribution in [-0.4, -0.2) is 30.9 Å². The number of carbonyl (C=O) groups is 1. The Morgan fingerprint density at radius 3 is 2.93 bits per heavy atom. The minimum Gasteiger partial charge on any atom is -0.344 e. The van der Waals surface area contributed by atoms with Crippen LogP contribution in [0.3, 0.4) is 0 Å². The molecule has 3 aliphatic rings. The number of fused-ring (bicyclic) bond motifs is 2. The first-order valence-electron chi connectivity index (χ1n) is 9.39. The lowest BCUT2D eigenvalue weighted by atomic mass is 9.81. The van der Waals surface area contributed by atoms with Gasteiger partial charge in [-0.25, -0.2) is 0 Å². The monoisotopic (exact) mass is 419 g/mol. The molecular weight excluding hydrogens is 397 g/mol. The second-order valence-electron chi connectivity index (χ2n) is 7.58. The molecule has 1 atom stereocenters. The van der Waals surface area contributed by atoms with E-state index >= 15 is 0 Å². The lowest BCUT2D eigenvalue weighted by Crippen LogP contribution is -2.38. The van der Waals surface area contributed by atoms with Crippen LogP contribution in [0.4, 0.5) is 10.1 Å². The van der Waals surface area contributed by atoms with Gasteiger partial charge in [0.2, 0.25) is 6.41 Å². The van der Waals surface area contributed by atoms with Crippen LogP contribution >= 0.6 is 23.4 Å². The molecule has 0 bridgehead atoms. The van der Waals surface area contributed by atoms with Gasteiger partial charge in [0.1, 0.15) is 5.82 Å². The van der Waals surface area contributed by atoms with Crippen molar-refractivity contribution in [2.45, 2.75) is 32.1 Å². The second kappa shape index (κ2) is 7.48. The lowest BCUT2D eigenvalue weighted by molar-refractivity contribution is -0.117. The highest BCUT2D eigenvalue weighted by Gasteiger charge is 2.48. The number of halogens is 2. The average molecular weight is 420 g/mol. The molecule has 7 heteroatoms. The van der Waals surface area contributed by atoms with Crippen molar-refractivity contribution in [3.8, 4) is 0 Å². The number of likely N-dealkylation sites (tertiary alicyclic amines) is 1. The van der Waals surface area contributed by atoms with Gasteiger partial charge in [-0.2, -0.15) is 4.39 Å². The summed E-state index contributed by atoms with van der Waals surface area (Å²) in [5.74, 6) is 0.918. The van der Waals surface area contributed by atoms with Crippen LogP contribution in [0.25, 0.3) is 0 Å². The molecule has 1 spiro atoms. The van der Waals surface area contributed by atoms with Crippen molar-refractivity contribution < 1.29 is 9.18 Å². The number of thioether (sulfide) groups is 1. The van der Waals surface area contributed by atoms with Gasteiger partial charge in [0.25, 0.3) is 0 Å². The number of anilines is 1. The van der Waals surface area contributed by atoms with Crippen molar-refractivity contribution in [2.24, 2.45) is 0 Å². The number of nitrogens with one attached hydrogen (secondary N) is 1. The summed E-state index contributed by atoms with van der Waals surface area (Å²) in [6.07, 6.45) is 6.07. The zero-order chi connectivity index (χ0) is 19.9. The smallest absolute Gasteiger partial charge is 0.209 e. The average Bonchev–Trinajstić information content (AvgIpc) is 3.24. The van der Waals surface area contributed by atoms with Crippen molar-refractivity contribution >= 4 is 35.5 Å². The molecule has 0 aliphatic carbocycles. The van der Waals surface area contributed by atoms with E-state index in [9.17, 15) is 9.18 Å². The maximum atomic E-state index is 13.8. The van der Waals surface area contributed by atoms with Gasteiger partial charge in [-0.15, -0.1) is 0 Å². The predicted octanol–water partition coefficient (Wildman–Crippen LogP) is 4.89. The van der Waals surface area contributed by atoms with Crippen molar-refractivity contribution in [1.29, 1.82) is 0 Å². The first-order valence-corrected chi connectivity index (χ1v) is 10.6. The summed E-state index contributed by atoms with van der Waals surface area (Å²) < 4.78 is 13.8. The topological polar surface area (TPSA) is 35.6 Å². The van der Waals surface area contributed by atoms with Crippen LogP contribution in [0.2, 0.25) is 5.02 Å². The van der Waals surface area contributed by atoms with Gasteiger partial charge in [-0.1, -0.05) is 11.6 Å². The molecule has 1 amide bonds. The number of hydrogen-bond acceptors (Lipinski definition) is 4. The molecule has 28 heavy (non-hydrogen) atoms. The van der Waals surface area contributed by atoms with Crippen LogP contribution in [0.5, 0.6) is 0 Å².